The fraction of sp³-hybridized carbons (Fsp3) is 1.00. The molecule has 0 bridgehead atoms. The average Bonchev–Trinajstić information content (AvgIpc) is 2.39. The molecule has 2 atom stereocenters. The van der Waals surface area contributed by atoms with Gasteiger partial charge in [-0.3, -0.25) is 0 Å². The minimum atomic E-state index is -0.139. The minimum Gasteiger partial charge on any atom is -0.393 e. The van der Waals surface area contributed by atoms with E-state index in [2.05, 4.69) is 11.8 Å². The van der Waals surface area contributed by atoms with Gasteiger partial charge >= 0.3 is 0 Å². The van der Waals surface area contributed by atoms with Crippen LogP contribution in [0, 0.1) is 5.92 Å². The summed E-state index contributed by atoms with van der Waals surface area (Å²) < 4.78 is 0. The third kappa shape index (κ3) is 4.43. The maximum Gasteiger partial charge on any atom is 0.0524 e. The first-order valence-electron chi connectivity index (χ1n) is 6.12. The normalized spacial score (nSPS) is 27.2. The molecule has 1 rings (SSSR count). The number of hydrogen-bond donors (Lipinski definition) is 1. The molecule has 0 aliphatic carbocycles. The van der Waals surface area contributed by atoms with Crippen molar-refractivity contribution in [3.63, 3.8) is 0 Å². The fourth-order valence-corrected chi connectivity index (χ4v) is 2.23. The largest absolute Gasteiger partial charge is 0.393 e. The molecule has 1 N–H and O–H groups in total. The van der Waals surface area contributed by atoms with Crippen LogP contribution < -0.4 is 0 Å². The fourth-order valence-electron chi connectivity index (χ4n) is 2.23. The van der Waals surface area contributed by atoms with Crippen LogP contribution in [0.4, 0.5) is 0 Å². The van der Waals surface area contributed by atoms with Gasteiger partial charge in [0.2, 0.25) is 0 Å². The predicted molar refractivity (Wildman–Crippen MR) is 60.4 cm³/mol. The van der Waals surface area contributed by atoms with Gasteiger partial charge < -0.3 is 10.0 Å². The zero-order valence-electron chi connectivity index (χ0n) is 9.71. The number of nitrogens with zero attached hydrogens (tertiary/aromatic N) is 1. The highest BCUT2D eigenvalue weighted by molar-refractivity contribution is 4.69. The number of aliphatic hydroxyl groups is 1. The summed E-state index contributed by atoms with van der Waals surface area (Å²) in [5, 5.41) is 9.22. The molecule has 14 heavy (non-hydrogen) atoms. The first kappa shape index (κ1) is 12.0. The molecule has 0 radical (unpaired) electrons. The van der Waals surface area contributed by atoms with Crippen molar-refractivity contribution in [2.45, 2.75) is 52.1 Å². The van der Waals surface area contributed by atoms with Gasteiger partial charge in [-0.15, -0.1) is 0 Å². The number of rotatable bonds is 4. The summed E-state index contributed by atoms with van der Waals surface area (Å²) in [6.07, 6.45) is 6.23. The molecule has 1 aliphatic heterocycles. The van der Waals surface area contributed by atoms with E-state index >= 15 is 0 Å². The Bertz CT molecular complexity index is 147. The summed E-state index contributed by atoms with van der Waals surface area (Å²) in [6.45, 7) is 7.74. The molecule has 1 aliphatic rings. The maximum atomic E-state index is 9.22. The summed E-state index contributed by atoms with van der Waals surface area (Å²) in [5.41, 5.74) is 0. The third-order valence-electron chi connectivity index (χ3n) is 3.38. The first-order valence-corrected chi connectivity index (χ1v) is 6.12. The summed E-state index contributed by atoms with van der Waals surface area (Å²) in [6, 6.07) is 0. The van der Waals surface area contributed by atoms with E-state index in [0.717, 1.165) is 18.9 Å². The van der Waals surface area contributed by atoms with Crippen LogP contribution in [0.5, 0.6) is 0 Å². The highest BCUT2D eigenvalue weighted by Gasteiger charge is 2.15. The maximum absolute atomic E-state index is 9.22. The monoisotopic (exact) mass is 199 g/mol. The lowest BCUT2D eigenvalue weighted by Crippen LogP contribution is -2.27. The average molecular weight is 199 g/mol. The van der Waals surface area contributed by atoms with Crippen LogP contribution in [0.2, 0.25) is 0 Å². The Morgan fingerprint density at radius 1 is 1.36 bits per heavy atom. The third-order valence-corrected chi connectivity index (χ3v) is 3.38. The van der Waals surface area contributed by atoms with Crippen molar-refractivity contribution in [1.82, 2.24) is 4.90 Å². The lowest BCUT2D eigenvalue weighted by atomic mass is 9.98. The van der Waals surface area contributed by atoms with E-state index in [4.69, 9.17) is 0 Å². The summed E-state index contributed by atoms with van der Waals surface area (Å²) >= 11 is 0. The lowest BCUT2D eigenvalue weighted by molar-refractivity contribution is 0.157. The van der Waals surface area contributed by atoms with Crippen molar-refractivity contribution >= 4 is 0 Å². The van der Waals surface area contributed by atoms with Crippen LogP contribution in [0.1, 0.15) is 46.0 Å². The van der Waals surface area contributed by atoms with E-state index < -0.39 is 0 Å². The van der Waals surface area contributed by atoms with Crippen LogP contribution in [0.3, 0.4) is 0 Å². The standard InChI is InChI=1S/C12H25NO/c1-3-12-5-4-8-13(10-7-12)9-6-11(2)14/h11-12,14H,3-10H2,1-2H3. The number of hydrogen-bond acceptors (Lipinski definition) is 2. The van der Waals surface area contributed by atoms with E-state index in [1.54, 1.807) is 0 Å². The van der Waals surface area contributed by atoms with Crippen LogP contribution in [-0.4, -0.2) is 35.7 Å². The molecular weight excluding hydrogens is 174 g/mol. The second-order valence-corrected chi connectivity index (χ2v) is 4.68. The van der Waals surface area contributed by atoms with Gasteiger partial charge in [0.25, 0.3) is 0 Å². The van der Waals surface area contributed by atoms with Gasteiger partial charge in [-0.25, -0.2) is 0 Å². The molecule has 0 aromatic heterocycles. The molecule has 1 saturated heterocycles. The zero-order chi connectivity index (χ0) is 10.4. The van der Waals surface area contributed by atoms with Crippen LogP contribution in [0.25, 0.3) is 0 Å². The summed E-state index contributed by atoms with van der Waals surface area (Å²) in [5.74, 6) is 0.951. The topological polar surface area (TPSA) is 23.5 Å². The molecule has 0 aromatic carbocycles. The zero-order valence-corrected chi connectivity index (χ0v) is 9.71. The smallest absolute Gasteiger partial charge is 0.0524 e. The minimum absolute atomic E-state index is 0.139. The van der Waals surface area contributed by atoms with E-state index in [1.165, 1.54) is 38.8 Å². The van der Waals surface area contributed by atoms with Crippen molar-refractivity contribution in [3.8, 4) is 0 Å². The van der Waals surface area contributed by atoms with E-state index in [-0.39, 0.29) is 6.10 Å². The Labute approximate surface area is 88.3 Å². The Morgan fingerprint density at radius 2 is 2.14 bits per heavy atom. The van der Waals surface area contributed by atoms with Crippen molar-refractivity contribution in [1.29, 1.82) is 0 Å². The second kappa shape index (κ2) is 6.41. The summed E-state index contributed by atoms with van der Waals surface area (Å²) in [4.78, 5) is 2.52. The molecule has 0 spiro atoms. The van der Waals surface area contributed by atoms with Crippen LogP contribution >= 0.6 is 0 Å². The van der Waals surface area contributed by atoms with Crippen LogP contribution in [0.15, 0.2) is 0 Å². The Morgan fingerprint density at radius 3 is 2.79 bits per heavy atom. The van der Waals surface area contributed by atoms with Crippen LogP contribution in [-0.2, 0) is 0 Å². The Hall–Kier alpha value is -0.0800. The first-order chi connectivity index (χ1) is 6.72. The van der Waals surface area contributed by atoms with Gasteiger partial charge in [0.1, 0.15) is 0 Å². The molecular formula is C12H25NO. The molecule has 1 heterocycles. The molecule has 2 heteroatoms. The Balaban J connectivity index is 2.20. The molecule has 0 saturated carbocycles. The quantitative estimate of drug-likeness (QED) is 0.751. The highest BCUT2D eigenvalue weighted by Crippen LogP contribution is 2.20. The van der Waals surface area contributed by atoms with E-state index in [9.17, 15) is 5.11 Å². The molecule has 84 valence electrons. The lowest BCUT2D eigenvalue weighted by Gasteiger charge is -2.20. The Kier molecular flexibility index (Phi) is 5.49. The molecule has 2 nitrogen and oxygen atoms in total. The molecule has 0 aromatic rings. The van der Waals surface area contributed by atoms with Gasteiger partial charge in [-0.1, -0.05) is 13.3 Å². The summed E-state index contributed by atoms with van der Waals surface area (Å²) in [7, 11) is 0. The predicted octanol–water partition coefficient (Wildman–Crippen LogP) is 2.27. The van der Waals surface area contributed by atoms with Crippen molar-refractivity contribution < 1.29 is 5.11 Å². The van der Waals surface area contributed by atoms with Gasteiger partial charge in [0.05, 0.1) is 6.10 Å². The van der Waals surface area contributed by atoms with Gasteiger partial charge in [-0.2, -0.15) is 0 Å². The molecule has 1 fully saturated rings. The van der Waals surface area contributed by atoms with Gasteiger partial charge in [0, 0.05) is 6.54 Å². The van der Waals surface area contributed by atoms with Crippen molar-refractivity contribution in [2.75, 3.05) is 19.6 Å². The van der Waals surface area contributed by atoms with Crippen molar-refractivity contribution in [3.05, 3.63) is 0 Å². The molecule has 2 unspecified atom stereocenters. The van der Waals surface area contributed by atoms with E-state index in [1.807, 2.05) is 6.92 Å². The molecule has 0 amide bonds. The number of likely N-dealkylation sites (tertiary alicyclic amines) is 1. The van der Waals surface area contributed by atoms with Gasteiger partial charge in [-0.05, 0) is 51.6 Å². The second-order valence-electron chi connectivity index (χ2n) is 4.68. The van der Waals surface area contributed by atoms with E-state index in [0.29, 0.717) is 0 Å². The van der Waals surface area contributed by atoms with Gasteiger partial charge in [0.15, 0.2) is 0 Å². The van der Waals surface area contributed by atoms with Crippen molar-refractivity contribution in [2.24, 2.45) is 5.92 Å². The highest BCUT2D eigenvalue weighted by atomic mass is 16.3. The SMILES string of the molecule is CCC1CCCN(CCC(C)O)CC1. The number of aliphatic hydroxyl groups excluding tert-OH is 1.